The fourth-order valence-electron chi connectivity index (χ4n) is 3.22. The molecule has 0 aromatic rings. The number of carbonyl (C=O) groups is 1. The maximum atomic E-state index is 11.7. The highest BCUT2D eigenvalue weighted by Gasteiger charge is 2.30. The summed E-state index contributed by atoms with van der Waals surface area (Å²) in [5.41, 5.74) is 0. The van der Waals surface area contributed by atoms with Crippen molar-refractivity contribution in [3.05, 3.63) is 0 Å². The van der Waals surface area contributed by atoms with Gasteiger partial charge in [0.15, 0.2) is 0 Å². The van der Waals surface area contributed by atoms with E-state index < -0.39 is 0 Å². The highest BCUT2D eigenvalue weighted by molar-refractivity contribution is 5.78. The standard InChI is InChI=1S/C14H26N2O/c1-11(2)12-4-6-13(7-5-12)16-9-8-15(3)14(17)10-16/h11-13H,4-10H2,1-3H3. The van der Waals surface area contributed by atoms with Crippen molar-refractivity contribution < 1.29 is 4.79 Å². The van der Waals surface area contributed by atoms with Crippen LogP contribution in [0.1, 0.15) is 39.5 Å². The Morgan fingerprint density at radius 1 is 1.12 bits per heavy atom. The zero-order valence-electron chi connectivity index (χ0n) is 11.5. The van der Waals surface area contributed by atoms with E-state index >= 15 is 0 Å². The van der Waals surface area contributed by atoms with Crippen LogP contribution in [0.15, 0.2) is 0 Å². The Hall–Kier alpha value is -0.570. The van der Waals surface area contributed by atoms with Gasteiger partial charge in [0.1, 0.15) is 0 Å². The summed E-state index contributed by atoms with van der Waals surface area (Å²) in [6.45, 7) is 7.30. The number of amides is 1. The number of hydrogen-bond acceptors (Lipinski definition) is 2. The molecule has 17 heavy (non-hydrogen) atoms. The molecule has 3 nitrogen and oxygen atoms in total. The summed E-state index contributed by atoms with van der Waals surface area (Å²) in [5.74, 6) is 2.03. The molecular formula is C14H26N2O. The Bertz CT molecular complexity index is 269. The molecular weight excluding hydrogens is 212 g/mol. The first-order chi connectivity index (χ1) is 8.08. The molecule has 0 aromatic carbocycles. The van der Waals surface area contributed by atoms with Crippen LogP contribution in [0.4, 0.5) is 0 Å². The Morgan fingerprint density at radius 3 is 2.29 bits per heavy atom. The van der Waals surface area contributed by atoms with Crippen LogP contribution < -0.4 is 0 Å². The van der Waals surface area contributed by atoms with Crippen molar-refractivity contribution in [3.8, 4) is 0 Å². The largest absolute Gasteiger partial charge is 0.343 e. The first kappa shape index (κ1) is 12.9. The number of hydrogen-bond donors (Lipinski definition) is 0. The van der Waals surface area contributed by atoms with Gasteiger partial charge < -0.3 is 4.90 Å². The molecule has 1 heterocycles. The van der Waals surface area contributed by atoms with E-state index in [0.717, 1.165) is 24.9 Å². The maximum Gasteiger partial charge on any atom is 0.236 e. The summed E-state index contributed by atoms with van der Waals surface area (Å²) in [4.78, 5) is 16.0. The van der Waals surface area contributed by atoms with Gasteiger partial charge in [0, 0.05) is 26.2 Å². The average Bonchev–Trinajstić information content (AvgIpc) is 2.33. The third-order valence-corrected chi connectivity index (χ3v) is 4.69. The van der Waals surface area contributed by atoms with E-state index in [-0.39, 0.29) is 0 Å². The smallest absolute Gasteiger partial charge is 0.236 e. The lowest BCUT2D eigenvalue weighted by Crippen LogP contribution is -2.52. The Kier molecular flexibility index (Phi) is 4.08. The van der Waals surface area contributed by atoms with Crippen LogP contribution in [0.2, 0.25) is 0 Å². The fourth-order valence-corrected chi connectivity index (χ4v) is 3.22. The predicted molar refractivity (Wildman–Crippen MR) is 69.8 cm³/mol. The Morgan fingerprint density at radius 2 is 1.76 bits per heavy atom. The minimum absolute atomic E-state index is 0.294. The van der Waals surface area contributed by atoms with E-state index in [2.05, 4.69) is 18.7 Å². The Labute approximate surface area is 105 Å². The second-order valence-electron chi connectivity index (χ2n) is 6.10. The molecule has 3 heteroatoms. The first-order valence-electron chi connectivity index (χ1n) is 7.06. The molecule has 0 N–H and O–H groups in total. The normalized spacial score (nSPS) is 32.2. The highest BCUT2D eigenvalue weighted by Crippen LogP contribution is 2.32. The van der Waals surface area contributed by atoms with Gasteiger partial charge in [-0.1, -0.05) is 13.8 Å². The average molecular weight is 238 g/mol. The van der Waals surface area contributed by atoms with Crippen LogP contribution >= 0.6 is 0 Å². The van der Waals surface area contributed by atoms with E-state index in [1.165, 1.54) is 25.7 Å². The summed E-state index contributed by atoms with van der Waals surface area (Å²) in [6.07, 6.45) is 5.28. The molecule has 1 aliphatic heterocycles. The second-order valence-corrected chi connectivity index (χ2v) is 6.10. The van der Waals surface area contributed by atoms with E-state index in [0.29, 0.717) is 18.5 Å². The summed E-state index contributed by atoms with van der Waals surface area (Å²) in [5, 5.41) is 0. The minimum atomic E-state index is 0.294. The molecule has 1 saturated heterocycles. The number of nitrogens with zero attached hydrogens (tertiary/aromatic N) is 2. The van der Waals surface area contributed by atoms with E-state index in [9.17, 15) is 4.79 Å². The number of likely N-dealkylation sites (N-methyl/N-ethyl adjacent to an activating group) is 1. The fraction of sp³-hybridized carbons (Fsp3) is 0.929. The van der Waals surface area contributed by atoms with Gasteiger partial charge in [-0.25, -0.2) is 0 Å². The lowest BCUT2D eigenvalue weighted by atomic mass is 9.79. The topological polar surface area (TPSA) is 23.6 Å². The molecule has 0 atom stereocenters. The lowest BCUT2D eigenvalue weighted by Gasteiger charge is -2.41. The van der Waals surface area contributed by atoms with Crippen LogP contribution in [0.5, 0.6) is 0 Å². The zero-order valence-corrected chi connectivity index (χ0v) is 11.5. The SMILES string of the molecule is CC(C)C1CCC(N2CCN(C)C(=O)C2)CC1. The van der Waals surface area contributed by atoms with Gasteiger partial charge in [0.05, 0.1) is 6.54 Å². The summed E-state index contributed by atoms with van der Waals surface area (Å²) in [7, 11) is 1.91. The van der Waals surface area contributed by atoms with Crippen molar-refractivity contribution in [2.75, 3.05) is 26.7 Å². The molecule has 1 saturated carbocycles. The van der Waals surface area contributed by atoms with Gasteiger partial charge in [-0.3, -0.25) is 9.69 Å². The first-order valence-corrected chi connectivity index (χ1v) is 7.06. The maximum absolute atomic E-state index is 11.7. The van der Waals surface area contributed by atoms with Crippen LogP contribution in [0, 0.1) is 11.8 Å². The summed E-state index contributed by atoms with van der Waals surface area (Å²) in [6, 6.07) is 0.669. The lowest BCUT2D eigenvalue weighted by molar-refractivity contribution is -0.135. The summed E-state index contributed by atoms with van der Waals surface area (Å²) >= 11 is 0. The molecule has 0 aromatic heterocycles. The van der Waals surface area contributed by atoms with Crippen LogP contribution in [0.25, 0.3) is 0 Å². The monoisotopic (exact) mass is 238 g/mol. The molecule has 0 radical (unpaired) electrons. The van der Waals surface area contributed by atoms with Gasteiger partial charge >= 0.3 is 0 Å². The van der Waals surface area contributed by atoms with E-state index in [1.807, 2.05) is 11.9 Å². The summed E-state index contributed by atoms with van der Waals surface area (Å²) < 4.78 is 0. The number of carbonyl (C=O) groups excluding carboxylic acids is 1. The molecule has 1 amide bonds. The van der Waals surface area contributed by atoms with E-state index in [1.54, 1.807) is 0 Å². The predicted octanol–water partition coefficient (Wildman–Crippen LogP) is 1.98. The molecule has 0 spiro atoms. The third-order valence-electron chi connectivity index (χ3n) is 4.69. The van der Waals surface area contributed by atoms with Crippen LogP contribution in [0.3, 0.4) is 0 Å². The van der Waals surface area contributed by atoms with Crippen molar-refractivity contribution in [3.63, 3.8) is 0 Å². The Balaban J connectivity index is 1.83. The van der Waals surface area contributed by atoms with Crippen molar-refractivity contribution in [2.24, 2.45) is 11.8 Å². The molecule has 1 aliphatic carbocycles. The minimum Gasteiger partial charge on any atom is -0.343 e. The van der Waals surface area contributed by atoms with Crippen molar-refractivity contribution in [1.82, 2.24) is 9.80 Å². The number of piperazine rings is 1. The van der Waals surface area contributed by atoms with Crippen molar-refractivity contribution >= 4 is 5.91 Å². The molecule has 2 fully saturated rings. The van der Waals surface area contributed by atoms with Gasteiger partial charge in [-0.15, -0.1) is 0 Å². The van der Waals surface area contributed by atoms with Crippen LogP contribution in [-0.4, -0.2) is 48.4 Å². The third kappa shape index (κ3) is 3.01. The molecule has 2 rings (SSSR count). The number of rotatable bonds is 2. The quantitative estimate of drug-likeness (QED) is 0.734. The van der Waals surface area contributed by atoms with Crippen LogP contribution in [-0.2, 0) is 4.79 Å². The molecule has 2 aliphatic rings. The van der Waals surface area contributed by atoms with Crippen molar-refractivity contribution in [1.29, 1.82) is 0 Å². The highest BCUT2D eigenvalue weighted by atomic mass is 16.2. The van der Waals surface area contributed by atoms with Gasteiger partial charge in [-0.05, 0) is 37.5 Å². The molecule has 0 unspecified atom stereocenters. The van der Waals surface area contributed by atoms with Gasteiger partial charge in [0.2, 0.25) is 5.91 Å². The second kappa shape index (κ2) is 5.38. The van der Waals surface area contributed by atoms with E-state index in [4.69, 9.17) is 0 Å². The van der Waals surface area contributed by atoms with Crippen molar-refractivity contribution in [2.45, 2.75) is 45.6 Å². The van der Waals surface area contributed by atoms with Gasteiger partial charge in [-0.2, -0.15) is 0 Å². The molecule has 98 valence electrons. The molecule has 0 bridgehead atoms. The van der Waals surface area contributed by atoms with Gasteiger partial charge in [0.25, 0.3) is 0 Å². The zero-order chi connectivity index (χ0) is 12.4.